The lowest BCUT2D eigenvalue weighted by Gasteiger charge is -2.02. The fraction of sp³-hybridized carbons (Fsp3) is 0.429. The second kappa shape index (κ2) is 7.07. The Labute approximate surface area is 99.2 Å². The second-order valence-corrected chi connectivity index (χ2v) is 3.70. The van der Waals surface area contributed by atoms with Gasteiger partial charge in [-0.1, -0.05) is 0 Å². The molecule has 0 atom stereocenters. The van der Waals surface area contributed by atoms with E-state index in [9.17, 15) is 0 Å². The van der Waals surface area contributed by atoms with Gasteiger partial charge in [0.2, 0.25) is 0 Å². The van der Waals surface area contributed by atoms with Gasteiger partial charge in [0.05, 0.1) is 0 Å². The van der Waals surface area contributed by atoms with Gasteiger partial charge in [-0.25, -0.2) is 0 Å². The van der Waals surface area contributed by atoms with Gasteiger partial charge < -0.3 is 11.5 Å². The topological polar surface area (TPSA) is 101 Å². The van der Waals surface area contributed by atoms with Crippen molar-refractivity contribution < 1.29 is 0 Å². The van der Waals surface area contributed by atoms with Crippen LogP contribution in [-0.2, 0) is 0 Å². The molecule has 8 heteroatoms. The van der Waals surface area contributed by atoms with E-state index < -0.39 is 0 Å². The van der Waals surface area contributed by atoms with Crippen LogP contribution in [0.2, 0.25) is 0 Å². The van der Waals surface area contributed by atoms with Gasteiger partial charge in [-0.05, 0) is 38.3 Å². The van der Waals surface area contributed by atoms with Gasteiger partial charge in [0.25, 0.3) is 0 Å². The Balaban J connectivity index is 4.10. The first-order valence-corrected chi connectivity index (χ1v) is 4.90. The SMILES string of the molecule is C/C(C/C(C)=N/NC(N)=S)=N/NC(N)=S. The Kier molecular flexibility index (Phi) is 6.47. The number of nitrogens with zero attached hydrogens (tertiary/aromatic N) is 2. The van der Waals surface area contributed by atoms with Crippen LogP contribution in [-0.4, -0.2) is 21.6 Å². The summed E-state index contributed by atoms with van der Waals surface area (Å²) in [6.07, 6.45) is 0.575. The Morgan fingerprint density at radius 3 is 1.60 bits per heavy atom. The maximum atomic E-state index is 5.21. The van der Waals surface area contributed by atoms with Crippen LogP contribution < -0.4 is 22.3 Å². The van der Waals surface area contributed by atoms with Crippen LogP contribution in [0.5, 0.6) is 0 Å². The van der Waals surface area contributed by atoms with Crippen molar-refractivity contribution in [1.82, 2.24) is 10.9 Å². The van der Waals surface area contributed by atoms with Crippen molar-refractivity contribution in [2.24, 2.45) is 21.7 Å². The third-order valence-electron chi connectivity index (χ3n) is 1.23. The van der Waals surface area contributed by atoms with Crippen molar-refractivity contribution in [3.63, 3.8) is 0 Å². The predicted octanol–water partition coefficient (Wildman–Crippen LogP) is -0.205. The first kappa shape index (κ1) is 13.7. The number of rotatable bonds is 4. The lowest BCUT2D eigenvalue weighted by molar-refractivity contribution is 1.00. The zero-order chi connectivity index (χ0) is 11.8. The average molecular weight is 246 g/mol. The summed E-state index contributed by atoms with van der Waals surface area (Å²) in [6, 6.07) is 0. The van der Waals surface area contributed by atoms with Crippen LogP contribution in [0.4, 0.5) is 0 Å². The van der Waals surface area contributed by atoms with E-state index in [0.717, 1.165) is 11.4 Å². The number of nitrogens with one attached hydrogen (secondary N) is 2. The highest BCUT2D eigenvalue weighted by Crippen LogP contribution is 1.89. The van der Waals surface area contributed by atoms with Crippen molar-refractivity contribution >= 4 is 46.1 Å². The molecule has 0 rings (SSSR count). The third kappa shape index (κ3) is 9.03. The minimum Gasteiger partial charge on any atom is -0.375 e. The van der Waals surface area contributed by atoms with Gasteiger partial charge in [-0.3, -0.25) is 10.9 Å². The zero-order valence-electron chi connectivity index (χ0n) is 8.57. The van der Waals surface area contributed by atoms with Crippen LogP contribution in [0.1, 0.15) is 20.3 Å². The van der Waals surface area contributed by atoms with Crippen molar-refractivity contribution in [2.45, 2.75) is 20.3 Å². The standard InChI is InChI=1S/C7H14N6S2/c1-4(10-12-6(8)14)3-5(2)11-13-7(9)15/h3H2,1-2H3,(H3,8,12,14)(H3,9,13,15)/b10-4-,11-5+. The molecular weight excluding hydrogens is 232 g/mol. The van der Waals surface area contributed by atoms with E-state index in [1.54, 1.807) is 0 Å². The number of hydrogen-bond acceptors (Lipinski definition) is 4. The largest absolute Gasteiger partial charge is 0.375 e. The van der Waals surface area contributed by atoms with Crippen LogP contribution in [0.15, 0.2) is 10.2 Å². The Bertz CT molecular complexity index is 279. The van der Waals surface area contributed by atoms with E-state index in [-0.39, 0.29) is 10.2 Å². The number of hydrazone groups is 2. The van der Waals surface area contributed by atoms with Gasteiger partial charge in [0.1, 0.15) is 0 Å². The molecule has 6 nitrogen and oxygen atoms in total. The minimum atomic E-state index is 0.130. The van der Waals surface area contributed by atoms with E-state index in [4.69, 9.17) is 11.5 Å². The fourth-order valence-corrected chi connectivity index (χ4v) is 0.842. The lowest BCUT2D eigenvalue weighted by atomic mass is 10.2. The molecule has 0 aliphatic heterocycles. The molecule has 0 aromatic heterocycles. The molecule has 0 aromatic rings. The second-order valence-electron chi connectivity index (χ2n) is 2.82. The highest BCUT2D eigenvalue weighted by atomic mass is 32.1. The summed E-state index contributed by atoms with van der Waals surface area (Å²) in [6.45, 7) is 3.65. The highest BCUT2D eigenvalue weighted by molar-refractivity contribution is 7.80. The molecule has 0 fully saturated rings. The summed E-state index contributed by atoms with van der Waals surface area (Å²) in [5, 5.41) is 8.10. The molecule has 0 unspecified atom stereocenters. The summed E-state index contributed by atoms with van der Waals surface area (Å²) < 4.78 is 0. The molecule has 0 aromatic carbocycles. The van der Waals surface area contributed by atoms with E-state index in [2.05, 4.69) is 45.5 Å². The Morgan fingerprint density at radius 2 is 1.33 bits per heavy atom. The monoisotopic (exact) mass is 246 g/mol. The first-order valence-electron chi connectivity index (χ1n) is 4.09. The smallest absolute Gasteiger partial charge is 0.184 e. The number of hydrogen-bond donors (Lipinski definition) is 4. The fourth-order valence-electron chi connectivity index (χ4n) is 0.750. The van der Waals surface area contributed by atoms with Crippen molar-refractivity contribution in [1.29, 1.82) is 0 Å². The molecule has 0 amide bonds. The molecule has 6 N–H and O–H groups in total. The van der Waals surface area contributed by atoms with Gasteiger partial charge in [-0.2, -0.15) is 10.2 Å². The summed E-state index contributed by atoms with van der Waals surface area (Å²) in [4.78, 5) is 0. The van der Waals surface area contributed by atoms with Crippen molar-refractivity contribution in [3.05, 3.63) is 0 Å². The zero-order valence-corrected chi connectivity index (χ0v) is 10.2. The molecule has 0 saturated carbocycles. The molecule has 0 spiro atoms. The molecule has 0 heterocycles. The van der Waals surface area contributed by atoms with E-state index in [1.807, 2.05) is 13.8 Å². The molecule has 0 saturated heterocycles. The molecule has 0 aliphatic carbocycles. The van der Waals surface area contributed by atoms with Gasteiger partial charge >= 0.3 is 0 Å². The van der Waals surface area contributed by atoms with Crippen LogP contribution >= 0.6 is 24.4 Å². The average Bonchev–Trinajstić information content (AvgIpc) is 2.11. The van der Waals surface area contributed by atoms with Crippen LogP contribution in [0.3, 0.4) is 0 Å². The van der Waals surface area contributed by atoms with Gasteiger partial charge in [0, 0.05) is 17.8 Å². The maximum absolute atomic E-state index is 5.21. The highest BCUT2D eigenvalue weighted by Gasteiger charge is 1.96. The normalized spacial score (nSPS) is 12.1. The summed E-state index contributed by atoms with van der Waals surface area (Å²) in [5.41, 5.74) is 17.0. The predicted molar refractivity (Wildman–Crippen MR) is 70.7 cm³/mol. The summed E-state index contributed by atoms with van der Waals surface area (Å²) in [5.74, 6) is 0. The van der Waals surface area contributed by atoms with E-state index >= 15 is 0 Å². The quantitative estimate of drug-likeness (QED) is 0.311. The molecule has 84 valence electrons. The number of nitrogens with two attached hydrogens (primary N) is 2. The van der Waals surface area contributed by atoms with Gasteiger partial charge in [0.15, 0.2) is 10.2 Å². The van der Waals surface area contributed by atoms with Crippen molar-refractivity contribution in [2.75, 3.05) is 0 Å². The van der Waals surface area contributed by atoms with Crippen LogP contribution in [0, 0.1) is 0 Å². The van der Waals surface area contributed by atoms with E-state index in [1.165, 1.54) is 0 Å². The lowest BCUT2D eigenvalue weighted by Crippen LogP contribution is -2.26. The summed E-state index contributed by atoms with van der Waals surface area (Å²) >= 11 is 9.19. The van der Waals surface area contributed by atoms with Crippen molar-refractivity contribution in [3.8, 4) is 0 Å². The Hall–Kier alpha value is -1.28. The summed E-state index contributed by atoms with van der Waals surface area (Å²) in [7, 11) is 0. The number of thiocarbonyl (C=S) groups is 2. The molecule has 15 heavy (non-hydrogen) atoms. The molecule has 0 radical (unpaired) electrons. The first-order chi connectivity index (χ1) is 6.91. The molecule has 0 aliphatic rings. The Morgan fingerprint density at radius 1 is 1.00 bits per heavy atom. The maximum Gasteiger partial charge on any atom is 0.184 e. The van der Waals surface area contributed by atoms with Crippen LogP contribution in [0.25, 0.3) is 0 Å². The van der Waals surface area contributed by atoms with Gasteiger partial charge in [-0.15, -0.1) is 0 Å². The third-order valence-corrected chi connectivity index (χ3v) is 1.41. The molecule has 0 bridgehead atoms. The minimum absolute atomic E-state index is 0.130. The molecular formula is C7H14N6S2. The van der Waals surface area contributed by atoms with E-state index in [0.29, 0.717) is 6.42 Å².